The summed E-state index contributed by atoms with van der Waals surface area (Å²) in [5.74, 6) is 1.72. The van der Waals surface area contributed by atoms with Crippen molar-refractivity contribution >= 4 is 23.4 Å². The summed E-state index contributed by atoms with van der Waals surface area (Å²) in [7, 11) is 0. The number of ether oxygens (including phenoxy) is 2. The molecule has 1 atom stereocenters. The summed E-state index contributed by atoms with van der Waals surface area (Å²) in [4.78, 5) is 21.6. The summed E-state index contributed by atoms with van der Waals surface area (Å²) in [6, 6.07) is 0. The smallest absolute Gasteiger partial charge is 0.245 e. The van der Waals surface area contributed by atoms with Crippen molar-refractivity contribution in [3.8, 4) is 11.8 Å². The van der Waals surface area contributed by atoms with Crippen molar-refractivity contribution in [1.29, 1.82) is 0 Å². The van der Waals surface area contributed by atoms with Gasteiger partial charge in [-0.05, 0) is 32.4 Å². The van der Waals surface area contributed by atoms with E-state index in [1.807, 2.05) is 13.8 Å². The molecule has 7 heteroatoms. The third kappa shape index (κ3) is 11.6. The molecule has 0 saturated carbocycles. The number of rotatable bonds is 19. The Kier molecular flexibility index (Phi) is 16.1. The predicted molar refractivity (Wildman–Crippen MR) is 131 cm³/mol. The molecule has 0 radical (unpaired) electrons. The van der Waals surface area contributed by atoms with Gasteiger partial charge in [0.25, 0.3) is 0 Å². The van der Waals surface area contributed by atoms with E-state index in [1.54, 1.807) is 11.8 Å². The van der Waals surface area contributed by atoms with Gasteiger partial charge in [0.05, 0.1) is 18.5 Å². The predicted octanol–water partition coefficient (Wildman–Crippen LogP) is 6.65. The van der Waals surface area contributed by atoms with Crippen molar-refractivity contribution in [3.05, 3.63) is 6.33 Å². The highest BCUT2D eigenvalue weighted by molar-refractivity contribution is 8.00. The first-order valence-corrected chi connectivity index (χ1v) is 13.3. The molecule has 1 aromatic heterocycles. The average molecular weight is 454 g/mol. The van der Waals surface area contributed by atoms with Crippen molar-refractivity contribution < 1.29 is 14.3 Å². The Balaban J connectivity index is 2.77. The Bertz CT molecular complexity index is 577. The van der Waals surface area contributed by atoms with E-state index in [0.29, 0.717) is 30.7 Å². The number of nitrogens with one attached hydrogen (secondary N) is 1. The Hall–Kier alpha value is -1.50. The first-order chi connectivity index (χ1) is 15.2. The molecule has 0 fully saturated rings. The maximum Gasteiger partial charge on any atom is 0.245 e. The maximum atomic E-state index is 13.2. The maximum absolute atomic E-state index is 13.2. The van der Waals surface area contributed by atoms with Crippen molar-refractivity contribution in [3.63, 3.8) is 0 Å². The minimum absolute atomic E-state index is 0.00856. The van der Waals surface area contributed by atoms with Crippen molar-refractivity contribution in [2.45, 2.75) is 104 Å². The highest BCUT2D eigenvalue weighted by Gasteiger charge is 2.23. The molecule has 0 saturated heterocycles. The second kappa shape index (κ2) is 18.1. The highest BCUT2D eigenvalue weighted by atomic mass is 32.2. The van der Waals surface area contributed by atoms with Gasteiger partial charge in [-0.15, -0.1) is 11.8 Å². The van der Waals surface area contributed by atoms with Gasteiger partial charge in [0.2, 0.25) is 17.7 Å². The molecule has 0 aromatic carbocycles. The van der Waals surface area contributed by atoms with Gasteiger partial charge in [-0.3, -0.25) is 4.79 Å². The van der Waals surface area contributed by atoms with Crippen LogP contribution in [0.3, 0.4) is 0 Å². The third-order valence-electron chi connectivity index (χ3n) is 5.02. The van der Waals surface area contributed by atoms with E-state index in [1.165, 1.54) is 57.7 Å². The number of hydrogen-bond acceptors (Lipinski definition) is 6. The van der Waals surface area contributed by atoms with Gasteiger partial charge in [0.15, 0.2) is 5.69 Å². The molecule has 1 aromatic rings. The number of nitrogens with zero attached hydrogens (tertiary/aromatic N) is 2. The van der Waals surface area contributed by atoms with Gasteiger partial charge in [-0.1, -0.05) is 71.6 Å². The van der Waals surface area contributed by atoms with E-state index >= 15 is 0 Å². The van der Waals surface area contributed by atoms with Crippen LogP contribution in [0.25, 0.3) is 0 Å². The molecule has 1 unspecified atom stereocenters. The molecular weight excluding hydrogens is 410 g/mol. The Morgan fingerprint density at radius 3 is 2.00 bits per heavy atom. The number of aromatic nitrogens is 2. The molecule has 31 heavy (non-hydrogen) atoms. The van der Waals surface area contributed by atoms with E-state index in [9.17, 15) is 4.79 Å². The topological polar surface area (TPSA) is 73.3 Å². The van der Waals surface area contributed by atoms with Gasteiger partial charge in [-0.2, -0.15) is 9.97 Å². The highest BCUT2D eigenvalue weighted by Crippen LogP contribution is 2.32. The summed E-state index contributed by atoms with van der Waals surface area (Å²) in [6.45, 7) is 9.15. The molecule has 0 bridgehead atoms. The lowest BCUT2D eigenvalue weighted by Crippen LogP contribution is -2.26. The zero-order chi connectivity index (χ0) is 22.7. The van der Waals surface area contributed by atoms with E-state index < -0.39 is 0 Å². The quantitative estimate of drug-likeness (QED) is 0.237. The Morgan fingerprint density at radius 1 is 0.871 bits per heavy atom. The van der Waals surface area contributed by atoms with E-state index in [4.69, 9.17) is 9.47 Å². The Labute approximate surface area is 193 Å². The molecule has 1 heterocycles. The number of thioether (sulfide) groups is 1. The second-order valence-corrected chi connectivity index (χ2v) is 9.00. The summed E-state index contributed by atoms with van der Waals surface area (Å²) < 4.78 is 11.2. The Morgan fingerprint density at radius 2 is 1.42 bits per heavy atom. The van der Waals surface area contributed by atoms with Crippen LogP contribution >= 0.6 is 11.8 Å². The van der Waals surface area contributed by atoms with Crippen LogP contribution in [-0.2, 0) is 4.79 Å². The van der Waals surface area contributed by atoms with Crippen LogP contribution in [0, 0.1) is 0 Å². The number of hydrogen-bond donors (Lipinski definition) is 1. The summed E-state index contributed by atoms with van der Waals surface area (Å²) in [6.07, 6.45) is 14.5. The van der Waals surface area contributed by atoms with E-state index in [2.05, 4.69) is 29.1 Å². The third-order valence-corrected chi connectivity index (χ3v) is 6.39. The van der Waals surface area contributed by atoms with Crippen molar-refractivity contribution in [1.82, 2.24) is 9.97 Å². The van der Waals surface area contributed by atoms with E-state index in [0.717, 1.165) is 25.0 Å². The zero-order valence-electron chi connectivity index (χ0n) is 20.1. The lowest BCUT2D eigenvalue weighted by molar-refractivity contribution is -0.115. The number of carbonyl (C=O) groups is 1. The molecule has 1 rings (SSSR count). The molecule has 1 amide bonds. The van der Waals surface area contributed by atoms with Crippen molar-refractivity contribution in [2.75, 3.05) is 24.3 Å². The van der Waals surface area contributed by atoms with Crippen LogP contribution in [-0.4, -0.2) is 40.1 Å². The fraction of sp³-hybridized carbons (Fsp3) is 0.792. The molecule has 178 valence electrons. The first-order valence-electron chi connectivity index (χ1n) is 12.2. The van der Waals surface area contributed by atoms with Gasteiger partial charge in [-0.25, -0.2) is 0 Å². The number of carbonyl (C=O) groups excluding carboxylic acids is 1. The number of unbranched alkanes of at least 4 members (excludes halogenated alkanes) is 8. The average Bonchev–Trinajstić information content (AvgIpc) is 2.76. The first kappa shape index (κ1) is 27.5. The molecule has 0 spiro atoms. The van der Waals surface area contributed by atoms with Gasteiger partial charge in [0.1, 0.15) is 6.33 Å². The molecule has 0 aliphatic carbocycles. The van der Waals surface area contributed by atoms with Crippen LogP contribution in [0.15, 0.2) is 6.33 Å². The summed E-state index contributed by atoms with van der Waals surface area (Å²) in [5.41, 5.74) is 0.440. The zero-order valence-corrected chi connectivity index (χ0v) is 20.9. The van der Waals surface area contributed by atoms with Gasteiger partial charge in [0, 0.05) is 0 Å². The van der Waals surface area contributed by atoms with Crippen LogP contribution in [0.5, 0.6) is 11.8 Å². The van der Waals surface area contributed by atoms with Crippen molar-refractivity contribution in [2.24, 2.45) is 0 Å². The fourth-order valence-corrected chi connectivity index (χ4v) is 4.51. The minimum atomic E-state index is -0.0861. The van der Waals surface area contributed by atoms with Crippen LogP contribution < -0.4 is 14.8 Å². The van der Waals surface area contributed by atoms with Gasteiger partial charge < -0.3 is 14.8 Å². The minimum Gasteiger partial charge on any atom is -0.476 e. The lowest BCUT2D eigenvalue weighted by atomic mass is 10.1. The standard InChI is InChI=1S/C24H43N3O3S/c1-5-9-11-13-14-15-17-20(31-18-16-12-10-6-2)22(28)27-21-23(29-7-3)25-19-26-24(21)30-8-4/h19-20H,5-18H2,1-4H3,(H,27,28). The van der Waals surface area contributed by atoms with Crippen LogP contribution in [0.4, 0.5) is 5.69 Å². The summed E-state index contributed by atoms with van der Waals surface area (Å²) >= 11 is 1.77. The molecule has 6 nitrogen and oxygen atoms in total. The SMILES string of the molecule is CCCCCCCCC(SCCCCCC)C(=O)Nc1c(OCC)ncnc1OCC. The lowest BCUT2D eigenvalue weighted by Gasteiger charge is -2.19. The van der Waals surface area contributed by atoms with Crippen LogP contribution in [0.1, 0.15) is 98.3 Å². The second-order valence-electron chi connectivity index (χ2n) is 7.69. The molecule has 0 aliphatic heterocycles. The number of amides is 1. The van der Waals surface area contributed by atoms with E-state index in [-0.39, 0.29) is 11.2 Å². The monoisotopic (exact) mass is 453 g/mol. The van der Waals surface area contributed by atoms with Gasteiger partial charge >= 0.3 is 0 Å². The molecular formula is C24H43N3O3S. The largest absolute Gasteiger partial charge is 0.476 e. The normalized spacial score (nSPS) is 11.9. The molecule has 0 aliphatic rings. The number of anilines is 1. The summed E-state index contributed by atoms with van der Waals surface area (Å²) in [5, 5.41) is 2.94. The molecule has 1 N–H and O–H groups in total. The van der Waals surface area contributed by atoms with Crippen LogP contribution in [0.2, 0.25) is 0 Å². The fourth-order valence-electron chi connectivity index (χ4n) is 3.31.